The van der Waals surface area contributed by atoms with Crippen molar-refractivity contribution in [2.45, 2.75) is 12.3 Å². The van der Waals surface area contributed by atoms with Crippen molar-refractivity contribution < 1.29 is 27.9 Å². The number of benzene rings is 1. The Kier molecular flexibility index (Phi) is 3.56. The number of aliphatic hydroxyl groups is 1. The molecule has 0 saturated carbocycles. The minimum Gasteiger partial charge on any atom is -0.497 e. The summed E-state index contributed by atoms with van der Waals surface area (Å²) in [7, 11) is 1.22. The van der Waals surface area contributed by atoms with Gasteiger partial charge in [-0.25, -0.2) is 0 Å². The van der Waals surface area contributed by atoms with E-state index in [-0.39, 0.29) is 5.75 Å². The second-order valence-electron chi connectivity index (χ2n) is 3.13. The third kappa shape index (κ3) is 2.84. The van der Waals surface area contributed by atoms with Crippen molar-refractivity contribution in [1.29, 1.82) is 0 Å². The molecule has 0 aliphatic rings. The number of nitro benzene ring substituents is 1. The molecule has 0 bridgehead atoms. The molecular weight excluding hydrogens is 243 g/mol. The Morgan fingerprint density at radius 1 is 1.47 bits per heavy atom. The maximum absolute atomic E-state index is 12.3. The number of hydrogen-bond acceptors (Lipinski definition) is 4. The van der Waals surface area contributed by atoms with E-state index in [2.05, 4.69) is 4.74 Å². The first kappa shape index (κ1) is 13.2. The zero-order valence-electron chi connectivity index (χ0n) is 8.56. The highest BCUT2D eigenvalue weighted by molar-refractivity contribution is 5.47. The predicted octanol–water partition coefficient (Wildman–Crippen LogP) is 2.20. The van der Waals surface area contributed by atoms with Crippen LogP contribution in [0.1, 0.15) is 11.7 Å². The van der Waals surface area contributed by atoms with Gasteiger partial charge in [0, 0.05) is 0 Å². The minimum atomic E-state index is -4.96. The largest absolute Gasteiger partial charge is 0.497 e. The fraction of sp³-hybridized carbons (Fsp3) is 0.333. The average Bonchev–Trinajstić information content (AvgIpc) is 2.25. The standard InChI is InChI=1S/C9H8F3NO4/c1-17-5-2-3-6(7(4-5)13(15)16)8(14)9(10,11)12/h2-4,8,14H,1H3/t8-/m0/s1. The summed E-state index contributed by atoms with van der Waals surface area (Å²) >= 11 is 0. The molecule has 0 radical (unpaired) electrons. The lowest BCUT2D eigenvalue weighted by Gasteiger charge is -2.15. The summed E-state index contributed by atoms with van der Waals surface area (Å²) in [4.78, 5) is 9.59. The predicted molar refractivity (Wildman–Crippen MR) is 50.7 cm³/mol. The topological polar surface area (TPSA) is 72.6 Å². The normalized spacial score (nSPS) is 13.2. The first-order chi connectivity index (χ1) is 7.77. The summed E-state index contributed by atoms with van der Waals surface area (Å²) in [6.45, 7) is 0. The quantitative estimate of drug-likeness (QED) is 0.660. The molecule has 0 heterocycles. The van der Waals surface area contributed by atoms with Gasteiger partial charge in [-0.1, -0.05) is 0 Å². The number of methoxy groups -OCH3 is 1. The molecule has 1 atom stereocenters. The van der Waals surface area contributed by atoms with Gasteiger partial charge in [0.05, 0.1) is 23.7 Å². The molecule has 0 aromatic heterocycles. The molecule has 0 unspecified atom stereocenters. The van der Waals surface area contributed by atoms with E-state index in [9.17, 15) is 23.3 Å². The molecule has 0 amide bonds. The maximum atomic E-state index is 12.3. The molecule has 94 valence electrons. The van der Waals surface area contributed by atoms with Crippen molar-refractivity contribution in [3.8, 4) is 5.75 Å². The smallest absolute Gasteiger partial charge is 0.418 e. The van der Waals surface area contributed by atoms with Crippen LogP contribution in [0.3, 0.4) is 0 Å². The number of nitro groups is 1. The number of aliphatic hydroxyl groups excluding tert-OH is 1. The number of halogens is 3. The van der Waals surface area contributed by atoms with Crippen LogP contribution in [-0.4, -0.2) is 23.3 Å². The summed E-state index contributed by atoms with van der Waals surface area (Å²) in [6.07, 6.45) is -7.85. The minimum absolute atomic E-state index is 0.0369. The van der Waals surface area contributed by atoms with Crippen LogP contribution in [0.2, 0.25) is 0 Å². The molecule has 1 aromatic rings. The molecule has 0 spiro atoms. The van der Waals surface area contributed by atoms with Crippen LogP contribution in [0.4, 0.5) is 18.9 Å². The fourth-order valence-corrected chi connectivity index (χ4v) is 1.22. The Morgan fingerprint density at radius 2 is 2.06 bits per heavy atom. The molecule has 17 heavy (non-hydrogen) atoms. The van der Waals surface area contributed by atoms with Gasteiger partial charge in [0.2, 0.25) is 0 Å². The van der Waals surface area contributed by atoms with Crippen molar-refractivity contribution in [2.24, 2.45) is 0 Å². The van der Waals surface area contributed by atoms with Crippen LogP contribution in [0.25, 0.3) is 0 Å². The van der Waals surface area contributed by atoms with Gasteiger partial charge in [0.15, 0.2) is 6.10 Å². The molecular formula is C9H8F3NO4. The fourth-order valence-electron chi connectivity index (χ4n) is 1.22. The van der Waals surface area contributed by atoms with Crippen molar-refractivity contribution in [1.82, 2.24) is 0 Å². The number of rotatable bonds is 3. The summed E-state index contributed by atoms with van der Waals surface area (Å²) in [5.41, 5.74) is -1.66. The summed E-state index contributed by atoms with van der Waals surface area (Å²) < 4.78 is 41.4. The Balaban J connectivity index is 3.29. The van der Waals surface area contributed by atoms with Crippen LogP contribution in [0.5, 0.6) is 5.75 Å². The highest BCUT2D eigenvalue weighted by Crippen LogP contribution is 2.38. The molecule has 0 saturated heterocycles. The van der Waals surface area contributed by atoms with E-state index in [1.807, 2.05) is 0 Å². The van der Waals surface area contributed by atoms with Crippen LogP contribution in [0, 0.1) is 10.1 Å². The molecule has 0 aliphatic carbocycles. The first-order valence-corrected chi connectivity index (χ1v) is 4.34. The molecule has 5 nitrogen and oxygen atoms in total. The van der Waals surface area contributed by atoms with E-state index in [1.54, 1.807) is 0 Å². The van der Waals surface area contributed by atoms with Gasteiger partial charge in [0.25, 0.3) is 5.69 Å². The molecule has 1 N–H and O–H groups in total. The number of alkyl halides is 3. The van der Waals surface area contributed by atoms with Gasteiger partial charge >= 0.3 is 6.18 Å². The molecule has 1 aromatic carbocycles. The van der Waals surface area contributed by atoms with E-state index < -0.39 is 28.5 Å². The zero-order chi connectivity index (χ0) is 13.2. The van der Waals surface area contributed by atoms with Crippen LogP contribution < -0.4 is 4.74 Å². The lowest BCUT2D eigenvalue weighted by Crippen LogP contribution is -2.21. The van der Waals surface area contributed by atoms with Gasteiger partial charge in [0.1, 0.15) is 5.75 Å². The first-order valence-electron chi connectivity index (χ1n) is 4.34. The summed E-state index contributed by atoms with van der Waals surface area (Å²) in [5, 5.41) is 19.6. The molecule has 8 heteroatoms. The highest BCUT2D eigenvalue weighted by Gasteiger charge is 2.42. The van der Waals surface area contributed by atoms with Gasteiger partial charge in [-0.3, -0.25) is 10.1 Å². The Bertz CT molecular complexity index is 433. The van der Waals surface area contributed by atoms with Gasteiger partial charge in [-0.2, -0.15) is 13.2 Å². The lowest BCUT2D eigenvalue weighted by atomic mass is 10.1. The van der Waals surface area contributed by atoms with Crippen LogP contribution >= 0.6 is 0 Å². The van der Waals surface area contributed by atoms with Crippen molar-refractivity contribution in [3.63, 3.8) is 0 Å². The Hall–Kier alpha value is -1.83. The molecule has 0 fully saturated rings. The summed E-state index contributed by atoms with van der Waals surface area (Å²) in [6, 6.07) is 2.75. The maximum Gasteiger partial charge on any atom is 0.418 e. The van der Waals surface area contributed by atoms with Crippen LogP contribution in [-0.2, 0) is 0 Å². The number of hydrogen-bond donors (Lipinski definition) is 1. The lowest BCUT2D eigenvalue weighted by molar-refractivity contribution is -0.387. The Labute approximate surface area is 93.6 Å². The third-order valence-electron chi connectivity index (χ3n) is 2.04. The number of ether oxygens (including phenoxy) is 1. The van der Waals surface area contributed by atoms with E-state index >= 15 is 0 Å². The molecule has 1 rings (SSSR count). The molecule has 0 aliphatic heterocycles. The van der Waals surface area contributed by atoms with Crippen molar-refractivity contribution >= 4 is 5.69 Å². The monoisotopic (exact) mass is 251 g/mol. The van der Waals surface area contributed by atoms with E-state index in [0.717, 1.165) is 18.2 Å². The zero-order valence-corrected chi connectivity index (χ0v) is 8.56. The summed E-state index contributed by atoms with van der Waals surface area (Å²) in [5.74, 6) is 0.0369. The van der Waals surface area contributed by atoms with E-state index in [4.69, 9.17) is 5.11 Å². The van der Waals surface area contributed by atoms with Gasteiger partial charge in [-0.05, 0) is 12.1 Å². The van der Waals surface area contributed by atoms with Crippen molar-refractivity contribution in [2.75, 3.05) is 7.11 Å². The van der Waals surface area contributed by atoms with Gasteiger partial charge in [-0.15, -0.1) is 0 Å². The van der Waals surface area contributed by atoms with E-state index in [1.165, 1.54) is 7.11 Å². The van der Waals surface area contributed by atoms with Crippen LogP contribution in [0.15, 0.2) is 18.2 Å². The highest BCUT2D eigenvalue weighted by atomic mass is 19.4. The second-order valence-corrected chi connectivity index (χ2v) is 3.13. The average molecular weight is 251 g/mol. The SMILES string of the molecule is COc1ccc([C@H](O)C(F)(F)F)c([N+](=O)[O-])c1. The third-order valence-corrected chi connectivity index (χ3v) is 2.04. The van der Waals surface area contributed by atoms with Crippen molar-refractivity contribution in [3.05, 3.63) is 33.9 Å². The van der Waals surface area contributed by atoms with E-state index in [0.29, 0.717) is 0 Å². The number of nitrogens with zero attached hydrogens (tertiary/aromatic N) is 1. The van der Waals surface area contributed by atoms with Gasteiger partial charge < -0.3 is 9.84 Å². The Morgan fingerprint density at radius 3 is 2.47 bits per heavy atom. The second kappa shape index (κ2) is 4.58.